The van der Waals surface area contributed by atoms with Gasteiger partial charge in [-0.1, -0.05) is 36.4 Å². The van der Waals surface area contributed by atoms with Crippen LogP contribution in [0, 0.1) is 0 Å². The van der Waals surface area contributed by atoms with Crippen LogP contribution in [0.5, 0.6) is 0 Å². The van der Waals surface area contributed by atoms with E-state index in [2.05, 4.69) is 66.0 Å². The first-order valence-corrected chi connectivity index (χ1v) is 8.58. The van der Waals surface area contributed by atoms with Crippen LogP contribution in [0.25, 0.3) is 22.4 Å². The summed E-state index contributed by atoms with van der Waals surface area (Å²) in [5, 5.41) is 0. The van der Waals surface area contributed by atoms with Crippen molar-refractivity contribution in [3.05, 3.63) is 54.1 Å². The van der Waals surface area contributed by atoms with Gasteiger partial charge in [0.15, 0.2) is 0 Å². The van der Waals surface area contributed by atoms with Crippen LogP contribution in [-0.2, 0) is 13.1 Å². The Morgan fingerprint density at radius 1 is 1.00 bits per heavy atom. The van der Waals surface area contributed by atoms with Crippen LogP contribution in [0.2, 0.25) is 0 Å². The van der Waals surface area contributed by atoms with Crippen LogP contribution < -0.4 is 5.73 Å². The zero-order valence-electron chi connectivity index (χ0n) is 14.6. The number of benzene rings is 2. The van der Waals surface area contributed by atoms with Gasteiger partial charge in [-0.05, 0) is 51.2 Å². The molecule has 24 heavy (non-hydrogen) atoms. The minimum absolute atomic E-state index is 0.737. The zero-order chi connectivity index (χ0) is 16.9. The molecule has 126 valence electrons. The lowest BCUT2D eigenvalue weighted by atomic mass is 10.1. The van der Waals surface area contributed by atoms with E-state index >= 15 is 0 Å². The van der Waals surface area contributed by atoms with Gasteiger partial charge >= 0.3 is 0 Å². The number of aromatic nitrogens is 2. The highest BCUT2D eigenvalue weighted by Gasteiger charge is 2.12. The van der Waals surface area contributed by atoms with Crippen LogP contribution >= 0.6 is 0 Å². The molecule has 0 bridgehead atoms. The van der Waals surface area contributed by atoms with Crippen LogP contribution in [-0.4, -0.2) is 35.1 Å². The molecule has 0 unspecified atom stereocenters. The highest BCUT2D eigenvalue weighted by atomic mass is 15.1. The summed E-state index contributed by atoms with van der Waals surface area (Å²) in [7, 11) is 4.18. The van der Waals surface area contributed by atoms with Gasteiger partial charge in [-0.2, -0.15) is 0 Å². The maximum Gasteiger partial charge on any atom is 0.141 e. The average Bonchev–Trinajstić information content (AvgIpc) is 2.94. The zero-order valence-corrected chi connectivity index (χ0v) is 14.6. The Morgan fingerprint density at radius 3 is 2.46 bits per heavy atom. The third-order valence-corrected chi connectivity index (χ3v) is 4.20. The van der Waals surface area contributed by atoms with Gasteiger partial charge < -0.3 is 15.2 Å². The molecule has 2 N–H and O–H groups in total. The number of para-hydroxylation sites is 2. The molecule has 3 aromatic rings. The maximum absolute atomic E-state index is 5.66. The molecular formula is C20H26N4. The second-order valence-electron chi connectivity index (χ2n) is 6.51. The largest absolute Gasteiger partial charge is 0.330 e. The molecule has 3 rings (SSSR count). The lowest BCUT2D eigenvalue weighted by Crippen LogP contribution is -2.10. The maximum atomic E-state index is 5.66. The Morgan fingerprint density at radius 2 is 1.75 bits per heavy atom. The third-order valence-electron chi connectivity index (χ3n) is 4.20. The summed E-state index contributed by atoms with van der Waals surface area (Å²) in [5.41, 5.74) is 10.4. The number of fused-ring (bicyclic) bond motifs is 1. The lowest BCUT2D eigenvalue weighted by Gasteiger charge is -2.11. The van der Waals surface area contributed by atoms with Crippen LogP contribution in [0.3, 0.4) is 0 Å². The first-order chi connectivity index (χ1) is 11.7. The van der Waals surface area contributed by atoms with Crippen molar-refractivity contribution in [2.45, 2.75) is 25.9 Å². The van der Waals surface area contributed by atoms with E-state index in [0.717, 1.165) is 43.8 Å². The highest BCUT2D eigenvalue weighted by Crippen LogP contribution is 2.25. The first kappa shape index (κ1) is 16.7. The molecule has 4 nitrogen and oxygen atoms in total. The van der Waals surface area contributed by atoms with E-state index in [1.165, 1.54) is 16.6 Å². The SMILES string of the molecule is CN(C)Cc1ccc(-c2nc3ccccc3n2CCCCN)cc1. The third kappa shape index (κ3) is 3.66. The predicted molar refractivity (Wildman–Crippen MR) is 101 cm³/mol. The van der Waals surface area contributed by atoms with Gasteiger partial charge in [-0.3, -0.25) is 0 Å². The summed E-state index contributed by atoms with van der Waals surface area (Å²) >= 11 is 0. The van der Waals surface area contributed by atoms with Gasteiger partial charge in [0.1, 0.15) is 5.82 Å². The van der Waals surface area contributed by atoms with Crippen LogP contribution in [0.1, 0.15) is 18.4 Å². The van der Waals surface area contributed by atoms with Crippen molar-refractivity contribution in [1.29, 1.82) is 0 Å². The summed E-state index contributed by atoms with van der Waals surface area (Å²) in [5.74, 6) is 1.05. The van der Waals surface area contributed by atoms with E-state index in [0.29, 0.717) is 0 Å². The summed E-state index contributed by atoms with van der Waals surface area (Å²) in [4.78, 5) is 7.05. The molecule has 1 heterocycles. The van der Waals surface area contributed by atoms with Crippen molar-refractivity contribution >= 4 is 11.0 Å². The Labute approximate surface area is 143 Å². The van der Waals surface area contributed by atoms with Gasteiger partial charge in [0.2, 0.25) is 0 Å². The standard InChI is InChI=1S/C20H26N4/c1-23(2)15-16-9-11-17(12-10-16)20-22-18-7-3-4-8-19(18)24(20)14-6-5-13-21/h3-4,7-12H,5-6,13-15,21H2,1-2H3. The summed E-state index contributed by atoms with van der Waals surface area (Å²) in [6, 6.07) is 17.1. The molecule has 1 aromatic heterocycles. The van der Waals surface area contributed by atoms with Crippen molar-refractivity contribution in [3.63, 3.8) is 0 Å². The topological polar surface area (TPSA) is 47.1 Å². The molecule has 0 aliphatic carbocycles. The molecule has 0 aliphatic heterocycles. The number of nitrogens with two attached hydrogens (primary N) is 1. The normalized spacial score (nSPS) is 11.5. The van der Waals surface area contributed by atoms with Gasteiger partial charge in [-0.15, -0.1) is 0 Å². The number of unbranched alkanes of at least 4 members (excludes halogenated alkanes) is 1. The molecule has 0 radical (unpaired) electrons. The molecule has 0 atom stereocenters. The van der Waals surface area contributed by atoms with E-state index < -0.39 is 0 Å². The number of rotatable bonds is 7. The highest BCUT2D eigenvalue weighted by molar-refractivity contribution is 5.80. The number of aryl methyl sites for hydroxylation is 1. The van der Waals surface area contributed by atoms with Crippen LogP contribution in [0.4, 0.5) is 0 Å². The molecule has 0 spiro atoms. The van der Waals surface area contributed by atoms with Gasteiger partial charge in [0, 0.05) is 18.7 Å². The Kier molecular flexibility index (Phi) is 5.28. The van der Waals surface area contributed by atoms with Gasteiger partial charge in [0.05, 0.1) is 11.0 Å². The second kappa shape index (κ2) is 7.60. The van der Waals surface area contributed by atoms with Crippen molar-refractivity contribution in [3.8, 4) is 11.4 Å². The van der Waals surface area contributed by atoms with E-state index in [9.17, 15) is 0 Å². The molecule has 0 amide bonds. The molecule has 0 saturated carbocycles. The summed E-state index contributed by atoms with van der Waals surface area (Å²) < 4.78 is 2.33. The van der Waals surface area contributed by atoms with Crippen molar-refractivity contribution < 1.29 is 0 Å². The van der Waals surface area contributed by atoms with Crippen molar-refractivity contribution in [2.24, 2.45) is 5.73 Å². The molecular weight excluding hydrogens is 296 g/mol. The van der Waals surface area contributed by atoms with E-state index in [-0.39, 0.29) is 0 Å². The van der Waals surface area contributed by atoms with E-state index in [1.807, 2.05) is 6.07 Å². The monoisotopic (exact) mass is 322 g/mol. The molecule has 4 heteroatoms. The fourth-order valence-electron chi connectivity index (χ4n) is 3.06. The van der Waals surface area contributed by atoms with Gasteiger partial charge in [-0.25, -0.2) is 4.98 Å². The number of imidazole rings is 1. The molecule has 2 aromatic carbocycles. The Bertz CT molecular complexity index is 787. The van der Waals surface area contributed by atoms with Crippen molar-refractivity contribution in [2.75, 3.05) is 20.6 Å². The van der Waals surface area contributed by atoms with E-state index in [1.54, 1.807) is 0 Å². The molecule has 0 saturated heterocycles. The van der Waals surface area contributed by atoms with Gasteiger partial charge in [0.25, 0.3) is 0 Å². The lowest BCUT2D eigenvalue weighted by molar-refractivity contribution is 0.402. The Hall–Kier alpha value is -2.17. The number of nitrogens with zero attached hydrogens (tertiary/aromatic N) is 3. The predicted octanol–water partition coefficient (Wildman–Crippen LogP) is 3.50. The fraction of sp³-hybridized carbons (Fsp3) is 0.350. The summed E-state index contributed by atoms with van der Waals surface area (Å²) in [6.45, 7) is 2.64. The number of hydrogen-bond acceptors (Lipinski definition) is 3. The smallest absolute Gasteiger partial charge is 0.141 e. The minimum atomic E-state index is 0.737. The summed E-state index contributed by atoms with van der Waals surface area (Å²) in [6.07, 6.45) is 2.11. The average molecular weight is 322 g/mol. The second-order valence-corrected chi connectivity index (χ2v) is 6.51. The quantitative estimate of drug-likeness (QED) is 0.677. The minimum Gasteiger partial charge on any atom is -0.330 e. The number of hydrogen-bond donors (Lipinski definition) is 1. The van der Waals surface area contributed by atoms with Crippen LogP contribution in [0.15, 0.2) is 48.5 Å². The van der Waals surface area contributed by atoms with Crippen molar-refractivity contribution in [1.82, 2.24) is 14.5 Å². The molecule has 0 fully saturated rings. The fourth-order valence-corrected chi connectivity index (χ4v) is 3.06. The molecule has 0 aliphatic rings. The first-order valence-electron chi connectivity index (χ1n) is 8.58. The van der Waals surface area contributed by atoms with E-state index in [4.69, 9.17) is 10.7 Å². The Balaban J connectivity index is 1.96.